The van der Waals surface area contributed by atoms with Crippen LogP contribution in [0, 0.1) is 0 Å². The van der Waals surface area contributed by atoms with Crippen LogP contribution in [0.2, 0.25) is 0 Å². The summed E-state index contributed by atoms with van der Waals surface area (Å²) in [6.07, 6.45) is 2.36. The van der Waals surface area contributed by atoms with Crippen LogP contribution in [0.5, 0.6) is 0 Å². The fourth-order valence-electron chi connectivity index (χ4n) is 0.435. The topological polar surface area (TPSA) is 52.1 Å². The van der Waals surface area contributed by atoms with Crippen molar-refractivity contribution >= 4 is 17.5 Å². The van der Waals surface area contributed by atoms with Gasteiger partial charge in [-0.3, -0.25) is 4.79 Å². The zero-order chi connectivity index (χ0) is 5.11. The highest BCUT2D eigenvalue weighted by atomic mass is 32.2. The van der Waals surface area contributed by atoms with E-state index in [4.69, 9.17) is 0 Å². The quantitative estimate of drug-likeness (QED) is 0.540. The fraction of sp³-hybridized carbons (Fsp3) is 0.400. The van der Waals surface area contributed by atoms with Crippen molar-refractivity contribution in [2.75, 3.05) is 5.75 Å². The largest absolute Gasteiger partial charge is 0.344 e. The minimum Gasteiger partial charge on any atom is -0.344 e. The van der Waals surface area contributed by atoms with Crippen LogP contribution in [0.4, 0.5) is 0 Å². The first-order valence-electron chi connectivity index (χ1n) is 2.20. The van der Waals surface area contributed by atoms with Crippen molar-refractivity contribution in [1.29, 1.82) is 0 Å². The van der Waals surface area contributed by atoms with Crippen LogP contribution < -0.4 is 6.15 Å². The Hall–Kier alpha value is -0.280. The van der Waals surface area contributed by atoms with Gasteiger partial charge in [0.2, 0.25) is 0 Å². The fourth-order valence-corrected chi connectivity index (χ4v) is 1.14. The van der Waals surface area contributed by atoms with Crippen LogP contribution >= 0.6 is 11.8 Å². The highest BCUT2D eigenvalue weighted by Gasteiger charge is 1.99. The molecule has 0 spiro atoms. The summed E-state index contributed by atoms with van der Waals surface area (Å²) in [6, 6.07) is 0. The minimum absolute atomic E-state index is 0. The second-order valence-corrected chi connectivity index (χ2v) is 2.40. The molecule has 0 aliphatic carbocycles. The summed E-state index contributed by atoms with van der Waals surface area (Å²) in [4.78, 5) is 10.4. The highest BCUT2D eigenvalue weighted by molar-refractivity contribution is 8.02. The van der Waals surface area contributed by atoms with E-state index >= 15 is 0 Å². The molecular weight excluding hydrogens is 122 g/mol. The van der Waals surface area contributed by atoms with Crippen molar-refractivity contribution in [3.05, 3.63) is 11.5 Å². The molecular formula is C5H9NOS. The molecule has 0 aromatic carbocycles. The number of thioether (sulfide) groups is 1. The molecule has 1 rings (SSSR count). The van der Waals surface area contributed by atoms with Gasteiger partial charge in [0.15, 0.2) is 5.78 Å². The number of carbonyl (C=O) groups excluding carboxylic acids is 1. The molecule has 3 heteroatoms. The molecule has 46 valence electrons. The van der Waals surface area contributed by atoms with Crippen LogP contribution in [0.15, 0.2) is 11.5 Å². The number of hydrogen-bond donors (Lipinski definition) is 1. The Morgan fingerprint density at radius 1 is 1.62 bits per heavy atom. The van der Waals surface area contributed by atoms with Crippen molar-refractivity contribution < 1.29 is 4.79 Å². The average molecular weight is 131 g/mol. The number of rotatable bonds is 0. The van der Waals surface area contributed by atoms with Crippen molar-refractivity contribution in [2.45, 2.75) is 6.42 Å². The molecule has 8 heavy (non-hydrogen) atoms. The Morgan fingerprint density at radius 3 is 2.62 bits per heavy atom. The second-order valence-electron chi connectivity index (χ2n) is 1.39. The molecule has 0 atom stereocenters. The van der Waals surface area contributed by atoms with Gasteiger partial charge in [0.1, 0.15) is 0 Å². The van der Waals surface area contributed by atoms with Gasteiger partial charge < -0.3 is 6.15 Å². The van der Waals surface area contributed by atoms with E-state index < -0.39 is 0 Å². The normalized spacial score (nSPS) is 17.8. The van der Waals surface area contributed by atoms with Crippen LogP contribution in [0.25, 0.3) is 0 Å². The van der Waals surface area contributed by atoms with Crippen LogP contribution in [0.1, 0.15) is 6.42 Å². The number of carbonyl (C=O) groups is 1. The van der Waals surface area contributed by atoms with E-state index in [0.717, 1.165) is 12.2 Å². The van der Waals surface area contributed by atoms with Gasteiger partial charge in [-0.25, -0.2) is 0 Å². The monoisotopic (exact) mass is 131 g/mol. The third-order valence-electron chi connectivity index (χ3n) is 0.816. The lowest BCUT2D eigenvalue weighted by atomic mass is 10.3. The molecule has 3 N–H and O–H groups in total. The van der Waals surface area contributed by atoms with Crippen molar-refractivity contribution in [3.63, 3.8) is 0 Å². The summed E-state index contributed by atoms with van der Waals surface area (Å²) in [5, 5.41) is 1.85. The first-order valence-corrected chi connectivity index (χ1v) is 3.25. The van der Waals surface area contributed by atoms with Crippen LogP contribution in [-0.4, -0.2) is 11.5 Å². The zero-order valence-electron chi connectivity index (χ0n) is 4.59. The summed E-state index contributed by atoms with van der Waals surface area (Å²) in [7, 11) is 0. The first-order chi connectivity index (χ1) is 3.39. The lowest BCUT2D eigenvalue weighted by Gasteiger charge is -1.97. The lowest BCUT2D eigenvalue weighted by molar-refractivity contribution is -0.114. The Morgan fingerprint density at radius 2 is 2.38 bits per heavy atom. The van der Waals surface area contributed by atoms with Gasteiger partial charge in [-0.15, -0.1) is 11.8 Å². The Kier molecular flexibility index (Phi) is 3.56. The van der Waals surface area contributed by atoms with Gasteiger partial charge >= 0.3 is 0 Å². The summed E-state index contributed by atoms with van der Waals surface area (Å²) in [5.41, 5.74) is 0. The summed E-state index contributed by atoms with van der Waals surface area (Å²) in [6.45, 7) is 0. The number of ketones is 1. The molecule has 2 nitrogen and oxygen atoms in total. The maximum atomic E-state index is 10.4. The minimum atomic E-state index is 0. The van der Waals surface area contributed by atoms with Gasteiger partial charge in [0, 0.05) is 12.2 Å². The van der Waals surface area contributed by atoms with E-state index in [1.54, 1.807) is 17.8 Å². The number of allylic oxidation sites excluding steroid dienone is 1. The molecule has 0 fully saturated rings. The molecule has 0 saturated heterocycles. The maximum Gasteiger partial charge on any atom is 0.157 e. The predicted octanol–water partition coefficient (Wildman–Crippen LogP) is 1.37. The number of hydrogen-bond acceptors (Lipinski definition) is 3. The molecule has 0 bridgehead atoms. The zero-order valence-corrected chi connectivity index (χ0v) is 5.41. The molecule has 1 heterocycles. The molecule has 1 aliphatic rings. The van der Waals surface area contributed by atoms with Gasteiger partial charge in [-0.2, -0.15) is 0 Å². The third kappa shape index (κ3) is 2.14. The van der Waals surface area contributed by atoms with Crippen molar-refractivity contribution in [2.24, 2.45) is 0 Å². The van der Waals surface area contributed by atoms with Gasteiger partial charge in [-0.1, -0.05) is 0 Å². The molecule has 0 aromatic rings. The van der Waals surface area contributed by atoms with Crippen LogP contribution in [-0.2, 0) is 4.79 Å². The second kappa shape index (κ2) is 3.69. The SMILES string of the molecule is N.O=C1C=CSCC1. The first kappa shape index (κ1) is 7.72. The van der Waals surface area contributed by atoms with E-state index in [0.29, 0.717) is 0 Å². The van der Waals surface area contributed by atoms with E-state index in [1.807, 2.05) is 5.41 Å². The van der Waals surface area contributed by atoms with E-state index in [-0.39, 0.29) is 11.9 Å². The lowest BCUT2D eigenvalue weighted by Crippen LogP contribution is -1.96. The standard InChI is InChI=1S/C5H6OS.H3N/c6-5-1-3-7-4-2-5;/h1,3H,2,4H2;1H3. The summed E-state index contributed by atoms with van der Waals surface area (Å²) >= 11 is 1.70. The van der Waals surface area contributed by atoms with E-state index in [2.05, 4.69) is 0 Å². The van der Waals surface area contributed by atoms with E-state index in [9.17, 15) is 4.79 Å². The Bertz CT molecular complexity index is 111. The van der Waals surface area contributed by atoms with Gasteiger partial charge in [-0.05, 0) is 11.5 Å². The molecule has 0 amide bonds. The Labute approximate surface area is 52.9 Å². The van der Waals surface area contributed by atoms with Crippen molar-refractivity contribution in [3.8, 4) is 0 Å². The molecule has 0 unspecified atom stereocenters. The summed E-state index contributed by atoms with van der Waals surface area (Å²) < 4.78 is 0. The molecule has 0 saturated carbocycles. The smallest absolute Gasteiger partial charge is 0.157 e. The van der Waals surface area contributed by atoms with Crippen molar-refractivity contribution in [1.82, 2.24) is 6.15 Å². The third-order valence-corrected chi connectivity index (χ3v) is 1.58. The predicted molar refractivity (Wildman–Crippen MR) is 36.2 cm³/mol. The van der Waals surface area contributed by atoms with Gasteiger partial charge in [0.25, 0.3) is 0 Å². The molecule has 0 radical (unpaired) electrons. The van der Waals surface area contributed by atoms with E-state index in [1.165, 1.54) is 0 Å². The maximum absolute atomic E-state index is 10.4. The highest BCUT2D eigenvalue weighted by Crippen LogP contribution is 2.10. The molecule has 0 aromatic heterocycles. The summed E-state index contributed by atoms with van der Waals surface area (Å²) in [5.74, 6) is 1.23. The molecule has 1 aliphatic heterocycles. The Balaban J connectivity index is 0.000000490. The average Bonchev–Trinajstić information content (AvgIpc) is 1.69. The van der Waals surface area contributed by atoms with Gasteiger partial charge in [0.05, 0.1) is 0 Å². The van der Waals surface area contributed by atoms with Crippen LogP contribution in [0.3, 0.4) is 0 Å².